The van der Waals surface area contributed by atoms with Gasteiger partial charge in [-0.15, -0.1) is 11.3 Å². The Morgan fingerprint density at radius 2 is 2.33 bits per heavy atom. The molecule has 9 heteroatoms. The summed E-state index contributed by atoms with van der Waals surface area (Å²) in [6, 6.07) is 6.28. The third-order valence-electron chi connectivity index (χ3n) is 4.43. The highest BCUT2D eigenvalue weighted by Crippen LogP contribution is 2.26. The van der Waals surface area contributed by atoms with Gasteiger partial charge in [0.1, 0.15) is 0 Å². The number of amides is 1. The van der Waals surface area contributed by atoms with E-state index in [4.69, 9.17) is 5.11 Å². The van der Waals surface area contributed by atoms with E-state index >= 15 is 0 Å². The number of anilines is 1. The number of carboxylic acid groups (broad SMARTS) is 1. The molecule has 1 aliphatic heterocycles. The number of benzene rings is 1. The van der Waals surface area contributed by atoms with Crippen LogP contribution < -0.4 is 5.32 Å². The molecular formula is C18H20BrN3O3S2. The molecule has 1 atom stereocenters. The maximum absolute atomic E-state index is 12.2. The van der Waals surface area contributed by atoms with E-state index in [2.05, 4.69) is 39.2 Å². The molecule has 1 saturated heterocycles. The van der Waals surface area contributed by atoms with E-state index in [1.54, 1.807) is 5.38 Å². The Bertz CT molecular complexity index is 843. The van der Waals surface area contributed by atoms with Crippen molar-refractivity contribution in [3.05, 3.63) is 39.3 Å². The van der Waals surface area contributed by atoms with Gasteiger partial charge < -0.3 is 15.3 Å². The van der Waals surface area contributed by atoms with E-state index in [0.29, 0.717) is 18.7 Å². The first-order valence-electron chi connectivity index (χ1n) is 8.55. The van der Waals surface area contributed by atoms with Gasteiger partial charge in [0, 0.05) is 46.8 Å². The number of aromatic nitrogens is 1. The van der Waals surface area contributed by atoms with Gasteiger partial charge >= 0.3 is 5.97 Å². The fraction of sp³-hybridized carbons (Fsp3) is 0.389. The third kappa shape index (κ3) is 5.24. The van der Waals surface area contributed by atoms with Crippen LogP contribution in [0.1, 0.15) is 28.9 Å². The quantitative estimate of drug-likeness (QED) is 0.566. The number of nitrogens with one attached hydrogen (secondary N) is 1. The van der Waals surface area contributed by atoms with Crippen LogP contribution in [0.5, 0.6) is 0 Å². The summed E-state index contributed by atoms with van der Waals surface area (Å²) in [5.41, 5.74) is 2.32. The predicted octanol–water partition coefficient (Wildman–Crippen LogP) is 4.11. The summed E-state index contributed by atoms with van der Waals surface area (Å²) in [7, 11) is 0. The minimum Gasteiger partial charge on any atom is -0.476 e. The Morgan fingerprint density at radius 1 is 1.52 bits per heavy atom. The number of carbonyl (C=O) groups excluding carboxylic acids is 1. The van der Waals surface area contributed by atoms with Gasteiger partial charge in [0.2, 0.25) is 5.91 Å². The molecule has 0 radical (unpaired) electrons. The summed E-state index contributed by atoms with van der Waals surface area (Å²) in [6.45, 7) is 3.41. The molecule has 0 unspecified atom stereocenters. The van der Waals surface area contributed by atoms with Crippen LogP contribution in [-0.4, -0.2) is 51.8 Å². The van der Waals surface area contributed by atoms with Crippen molar-refractivity contribution in [3.8, 4) is 0 Å². The van der Waals surface area contributed by atoms with Crippen LogP contribution in [0.15, 0.2) is 32.4 Å². The Morgan fingerprint density at radius 3 is 3.04 bits per heavy atom. The average molecular weight is 470 g/mol. The largest absolute Gasteiger partial charge is 0.476 e. The van der Waals surface area contributed by atoms with Crippen molar-refractivity contribution in [2.45, 2.75) is 30.1 Å². The number of hydrogen-bond donors (Lipinski definition) is 2. The molecule has 1 amide bonds. The first-order valence-corrected chi connectivity index (χ1v) is 11.2. The molecular weight excluding hydrogens is 450 g/mol. The van der Waals surface area contributed by atoms with E-state index in [1.165, 1.54) is 23.1 Å². The Hall–Kier alpha value is -1.58. The van der Waals surface area contributed by atoms with Crippen LogP contribution in [0.25, 0.3) is 0 Å². The summed E-state index contributed by atoms with van der Waals surface area (Å²) >= 11 is 6.28. The number of thiazole rings is 1. The number of nitrogens with zero attached hydrogens (tertiary/aromatic N) is 2. The molecule has 1 aromatic heterocycles. The Labute approximate surface area is 174 Å². The lowest BCUT2D eigenvalue weighted by Crippen LogP contribution is -2.39. The molecule has 2 heterocycles. The summed E-state index contributed by atoms with van der Waals surface area (Å²) in [4.78, 5) is 29.1. The molecule has 0 aliphatic carbocycles. The summed E-state index contributed by atoms with van der Waals surface area (Å²) in [6.07, 6.45) is 1.43. The van der Waals surface area contributed by atoms with Crippen LogP contribution >= 0.6 is 39.0 Å². The lowest BCUT2D eigenvalue weighted by Gasteiger charge is -2.25. The van der Waals surface area contributed by atoms with Gasteiger partial charge in [-0.05, 0) is 37.1 Å². The number of halogens is 1. The smallest absolute Gasteiger partial charge is 0.355 e. The van der Waals surface area contributed by atoms with Crippen LogP contribution in [0.4, 0.5) is 5.69 Å². The molecule has 3 rings (SSSR count). The number of likely N-dealkylation sites (tertiary alicyclic amines) is 1. The second kappa shape index (κ2) is 9.07. The highest BCUT2D eigenvalue weighted by molar-refractivity contribution is 9.10. The Kier molecular flexibility index (Phi) is 6.78. The van der Waals surface area contributed by atoms with Crippen molar-refractivity contribution in [1.29, 1.82) is 0 Å². The standard InChI is InChI=1S/C18H20BrN3O3S2/c1-11-8-12(19)2-4-14(11)20-9-13-3-5-16(23)22(13)6-7-26-18-21-15(10-27-18)17(24)25/h2,4,8,10,13,20H,3,5-7,9H2,1H3,(H,24,25)/t13-/m1/s1. The van der Waals surface area contributed by atoms with Gasteiger partial charge in [0.15, 0.2) is 10.0 Å². The van der Waals surface area contributed by atoms with Gasteiger partial charge in [0.05, 0.1) is 0 Å². The second-order valence-electron chi connectivity index (χ2n) is 6.27. The van der Waals surface area contributed by atoms with Gasteiger partial charge in [-0.1, -0.05) is 27.7 Å². The molecule has 0 bridgehead atoms. The van der Waals surface area contributed by atoms with Crippen LogP contribution in [0.2, 0.25) is 0 Å². The zero-order chi connectivity index (χ0) is 19.4. The fourth-order valence-electron chi connectivity index (χ4n) is 3.02. The topological polar surface area (TPSA) is 82.5 Å². The maximum Gasteiger partial charge on any atom is 0.355 e. The van der Waals surface area contributed by atoms with Crippen LogP contribution in [0, 0.1) is 6.92 Å². The van der Waals surface area contributed by atoms with E-state index in [-0.39, 0.29) is 17.6 Å². The summed E-state index contributed by atoms with van der Waals surface area (Å²) in [5, 5.41) is 13.9. The third-order valence-corrected chi connectivity index (χ3v) is 6.92. The van der Waals surface area contributed by atoms with E-state index < -0.39 is 5.97 Å². The molecule has 0 spiro atoms. The number of rotatable bonds is 8. The first kappa shape index (κ1) is 20.2. The minimum absolute atomic E-state index is 0.0756. The molecule has 2 aromatic rings. The SMILES string of the molecule is Cc1cc(Br)ccc1NC[C@H]1CCC(=O)N1CCSc1nc(C(=O)O)cs1. The van der Waals surface area contributed by atoms with Gasteiger partial charge in [0.25, 0.3) is 0 Å². The number of thioether (sulfide) groups is 1. The number of aromatic carboxylic acids is 1. The predicted molar refractivity (Wildman–Crippen MR) is 112 cm³/mol. The van der Waals surface area contributed by atoms with E-state index in [9.17, 15) is 9.59 Å². The van der Waals surface area contributed by atoms with Crippen LogP contribution in [0.3, 0.4) is 0 Å². The molecule has 1 aliphatic rings. The summed E-state index contributed by atoms with van der Waals surface area (Å²) in [5.74, 6) is -0.131. The minimum atomic E-state index is -1.01. The van der Waals surface area contributed by atoms with Crippen molar-refractivity contribution < 1.29 is 14.7 Å². The van der Waals surface area contributed by atoms with Crippen LogP contribution in [-0.2, 0) is 4.79 Å². The van der Waals surface area contributed by atoms with Gasteiger partial charge in [-0.3, -0.25) is 4.79 Å². The van der Waals surface area contributed by atoms with E-state index in [1.807, 2.05) is 17.0 Å². The first-order chi connectivity index (χ1) is 12.9. The van der Waals surface area contributed by atoms with Crippen molar-refractivity contribution in [2.24, 2.45) is 0 Å². The molecule has 27 heavy (non-hydrogen) atoms. The van der Waals surface area contributed by atoms with Gasteiger partial charge in [-0.2, -0.15) is 0 Å². The molecule has 0 saturated carbocycles. The second-order valence-corrected chi connectivity index (χ2v) is 9.39. The number of aryl methyl sites for hydroxylation is 1. The zero-order valence-corrected chi connectivity index (χ0v) is 18.0. The van der Waals surface area contributed by atoms with Crippen molar-refractivity contribution in [3.63, 3.8) is 0 Å². The molecule has 1 aromatic carbocycles. The number of carboxylic acids is 1. The molecule has 2 N–H and O–H groups in total. The highest BCUT2D eigenvalue weighted by atomic mass is 79.9. The van der Waals surface area contributed by atoms with Crippen molar-refractivity contribution in [1.82, 2.24) is 9.88 Å². The highest BCUT2D eigenvalue weighted by Gasteiger charge is 2.30. The molecule has 144 valence electrons. The Balaban J connectivity index is 1.52. The number of carbonyl (C=O) groups is 2. The monoisotopic (exact) mass is 469 g/mol. The maximum atomic E-state index is 12.2. The van der Waals surface area contributed by atoms with Gasteiger partial charge in [-0.25, -0.2) is 9.78 Å². The fourth-order valence-corrected chi connectivity index (χ4v) is 5.30. The van der Waals surface area contributed by atoms with E-state index in [0.717, 1.165) is 33.0 Å². The average Bonchev–Trinajstić information content (AvgIpc) is 3.22. The lowest BCUT2D eigenvalue weighted by atomic mass is 10.1. The van der Waals surface area contributed by atoms with Crippen molar-refractivity contribution in [2.75, 3.05) is 24.2 Å². The molecule has 1 fully saturated rings. The zero-order valence-electron chi connectivity index (χ0n) is 14.8. The summed E-state index contributed by atoms with van der Waals surface area (Å²) < 4.78 is 1.77. The lowest BCUT2D eigenvalue weighted by molar-refractivity contribution is -0.128. The van der Waals surface area contributed by atoms with Crippen molar-refractivity contribution >= 4 is 56.6 Å². The normalized spacial score (nSPS) is 16.7. The molecule has 6 nitrogen and oxygen atoms in total. The number of hydrogen-bond acceptors (Lipinski definition) is 6.